The molecule has 1 aromatic carbocycles. The van der Waals surface area contributed by atoms with E-state index in [1.807, 2.05) is 17.0 Å². The molecule has 0 N–H and O–H groups in total. The monoisotopic (exact) mass is 302 g/mol. The molecule has 1 aliphatic carbocycles. The van der Waals surface area contributed by atoms with Gasteiger partial charge >= 0.3 is 6.09 Å². The van der Waals surface area contributed by atoms with E-state index in [2.05, 4.69) is 6.07 Å². The van der Waals surface area contributed by atoms with E-state index in [-0.39, 0.29) is 12.0 Å². The van der Waals surface area contributed by atoms with E-state index >= 15 is 0 Å². The van der Waals surface area contributed by atoms with E-state index in [4.69, 9.17) is 4.74 Å². The highest BCUT2D eigenvalue weighted by atomic mass is 16.6. The summed E-state index contributed by atoms with van der Waals surface area (Å²) in [4.78, 5) is 27.8. The molecule has 0 unspecified atom stereocenters. The molecule has 2 aliphatic rings. The van der Waals surface area contributed by atoms with Gasteiger partial charge in [0, 0.05) is 31.7 Å². The lowest BCUT2D eigenvalue weighted by atomic mass is 10.1. The second-order valence-electron chi connectivity index (χ2n) is 5.82. The Morgan fingerprint density at radius 2 is 1.73 bits per heavy atom. The van der Waals surface area contributed by atoms with Crippen LogP contribution in [0, 0.1) is 0 Å². The predicted molar refractivity (Wildman–Crippen MR) is 83.0 cm³/mol. The highest BCUT2D eigenvalue weighted by molar-refractivity contribution is 5.94. The van der Waals surface area contributed by atoms with Crippen LogP contribution in [0.3, 0.4) is 0 Å². The van der Waals surface area contributed by atoms with E-state index in [1.165, 1.54) is 17.5 Å². The highest BCUT2D eigenvalue weighted by Gasteiger charge is 2.26. The maximum atomic E-state index is 12.6. The molecule has 2 amide bonds. The molecule has 0 saturated carbocycles. The van der Waals surface area contributed by atoms with Gasteiger partial charge in [0.05, 0.1) is 6.61 Å². The quantitative estimate of drug-likeness (QED) is 0.840. The van der Waals surface area contributed by atoms with E-state index in [1.54, 1.807) is 11.8 Å². The zero-order valence-corrected chi connectivity index (χ0v) is 13.0. The molecule has 5 heteroatoms. The van der Waals surface area contributed by atoms with Gasteiger partial charge in [-0.05, 0) is 49.4 Å². The summed E-state index contributed by atoms with van der Waals surface area (Å²) in [6.07, 6.45) is 3.10. The van der Waals surface area contributed by atoms with Gasteiger partial charge in [0.25, 0.3) is 5.91 Å². The Balaban J connectivity index is 1.61. The first-order chi connectivity index (χ1) is 10.7. The third-order valence-electron chi connectivity index (χ3n) is 4.44. The summed E-state index contributed by atoms with van der Waals surface area (Å²) in [5, 5.41) is 0. The lowest BCUT2D eigenvalue weighted by Crippen LogP contribution is -2.50. The van der Waals surface area contributed by atoms with Crippen molar-refractivity contribution in [3.63, 3.8) is 0 Å². The topological polar surface area (TPSA) is 49.9 Å². The third-order valence-corrected chi connectivity index (χ3v) is 4.44. The molecule has 1 aromatic rings. The Bertz CT molecular complexity index is 577. The van der Waals surface area contributed by atoms with Crippen molar-refractivity contribution in [1.29, 1.82) is 0 Å². The second-order valence-corrected chi connectivity index (χ2v) is 5.82. The van der Waals surface area contributed by atoms with E-state index < -0.39 is 0 Å². The lowest BCUT2D eigenvalue weighted by Gasteiger charge is -2.34. The van der Waals surface area contributed by atoms with E-state index in [9.17, 15) is 9.59 Å². The predicted octanol–water partition coefficient (Wildman–Crippen LogP) is 2.09. The van der Waals surface area contributed by atoms with Crippen molar-refractivity contribution in [2.45, 2.75) is 26.2 Å². The van der Waals surface area contributed by atoms with Gasteiger partial charge in [-0.3, -0.25) is 4.79 Å². The minimum atomic E-state index is -0.285. The summed E-state index contributed by atoms with van der Waals surface area (Å²) in [7, 11) is 0. The maximum absolute atomic E-state index is 12.6. The number of piperazine rings is 1. The SMILES string of the molecule is CCOC(=O)N1CCN(C(=O)c2ccc3c(c2)CCC3)CC1. The number of carbonyl (C=O) groups is 2. The van der Waals surface area contributed by atoms with Crippen LogP contribution in [0.1, 0.15) is 34.8 Å². The number of fused-ring (bicyclic) bond motifs is 1. The number of nitrogens with zero attached hydrogens (tertiary/aromatic N) is 2. The summed E-state index contributed by atoms with van der Waals surface area (Å²) < 4.78 is 5.00. The van der Waals surface area contributed by atoms with Crippen molar-refractivity contribution >= 4 is 12.0 Å². The van der Waals surface area contributed by atoms with Gasteiger partial charge in [-0.1, -0.05) is 6.07 Å². The van der Waals surface area contributed by atoms with Gasteiger partial charge in [-0.2, -0.15) is 0 Å². The Morgan fingerprint density at radius 3 is 2.45 bits per heavy atom. The van der Waals surface area contributed by atoms with Crippen LogP contribution in [-0.4, -0.2) is 54.6 Å². The second kappa shape index (κ2) is 6.38. The van der Waals surface area contributed by atoms with Gasteiger partial charge in [-0.15, -0.1) is 0 Å². The molecule has 0 spiro atoms. The van der Waals surface area contributed by atoms with E-state index in [0.717, 1.165) is 18.4 Å². The number of ether oxygens (including phenoxy) is 1. The molecule has 0 atom stereocenters. The molecule has 22 heavy (non-hydrogen) atoms. The number of hydrogen-bond acceptors (Lipinski definition) is 3. The minimum Gasteiger partial charge on any atom is -0.450 e. The number of benzene rings is 1. The molecule has 1 fully saturated rings. The summed E-state index contributed by atoms with van der Waals surface area (Å²) >= 11 is 0. The molecule has 0 bridgehead atoms. The fraction of sp³-hybridized carbons (Fsp3) is 0.529. The molecule has 118 valence electrons. The van der Waals surface area contributed by atoms with Crippen LogP contribution < -0.4 is 0 Å². The largest absolute Gasteiger partial charge is 0.450 e. The van der Waals surface area contributed by atoms with Crippen LogP contribution in [0.25, 0.3) is 0 Å². The normalized spacial score (nSPS) is 17.3. The molecule has 1 aliphatic heterocycles. The van der Waals surface area contributed by atoms with Crippen LogP contribution in [0.15, 0.2) is 18.2 Å². The Morgan fingerprint density at radius 1 is 1.05 bits per heavy atom. The van der Waals surface area contributed by atoms with E-state index in [0.29, 0.717) is 32.8 Å². The Hall–Kier alpha value is -2.04. The molecule has 0 radical (unpaired) electrons. The van der Waals surface area contributed by atoms with Crippen LogP contribution in [0.2, 0.25) is 0 Å². The molecular formula is C17H22N2O3. The minimum absolute atomic E-state index is 0.0678. The fourth-order valence-electron chi connectivity index (χ4n) is 3.19. The van der Waals surface area contributed by atoms with Gasteiger partial charge in [-0.25, -0.2) is 4.79 Å². The first-order valence-corrected chi connectivity index (χ1v) is 8.02. The number of aryl methyl sites for hydroxylation is 2. The summed E-state index contributed by atoms with van der Waals surface area (Å²) in [6, 6.07) is 6.07. The van der Waals surface area contributed by atoms with Crippen LogP contribution in [0.4, 0.5) is 4.79 Å². The molecule has 5 nitrogen and oxygen atoms in total. The first kappa shape index (κ1) is 14.9. The zero-order chi connectivity index (χ0) is 15.5. The zero-order valence-electron chi connectivity index (χ0n) is 13.0. The highest BCUT2D eigenvalue weighted by Crippen LogP contribution is 2.23. The van der Waals surface area contributed by atoms with Gasteiger partial charge < -0.3 is 14.5 Å². The molecule has 3 rings (SSSR count). The van der Waals surface area contributed by atoms with Gasteiger partial charge in [0.15, 0.2) is 0 Å². The summed E-state index contributed by atoms with van der Waals surface area (Å²) in [5.74, 6) is 0.0678. The average molecular weight is 302 g/mol. The van der Waals surface area contributed by atoms with Gasteiger partial charge in [0.1, 0.15) is 0 Å². The lowest BCUT2D eigenvalue weighted by molar-refractivity contribution is 0.0570. The van der Waals surface area contributed by atoms with Gasteiger partial charge in [0.2, 0.25) is 0 Å². The Kier molecular flexibility index (Phi) is 4.32. The van der Waals surface area contributed by atoms with Crippen molar-refractivity contribution in [2.24, 2.45) is 0 Å². The van der Waals surface area contributed by atoms with Crippen LogP contribution >= 0.6 is 0 Å². The third kappa shape index (κ3) is 2.93. The maximum Gasteiger partial charge on any atom is 0.409 e. The van der Waals surface area contributed by atoms with Crippen molar-refractivity contribution in [1.82, 2.24) is 9.80 Å². The van der Waals surface area contributed by atoms with Crippen molar-refractivity contribution in [3.8, 4) is 0 Å². The Labute approximate surface area is 130 Å². The van der Waals surface area contributed by atoms with Crippen molar-refractivity contribution in [3.05, 3.63) is 34.9 Å². The molecule has 1 saturated heterocycles. The number of hydrogen-bond donors (Lipinski definition) is 0. The molecular weight excluding hydrogens is 280 g/mol. The number of rotatable bonds is 2. The van der Waals surface area contributed by atoms with Crippen molar-refractivity contribution in [2.75, 3.05) is 32.8 Å². The van der Waals surface area contributed by atoms with Crippen LogP contribution in [-0.2, 0) is 17.6 Å². The summed E-state index contributed by atoms with van der Waals surface area (Å²) in [6.45, 7) is 4.38. The number of amides is 2. The van der Waals surface area contributed by atoms with Crippen LogP contribution in [0.5, 0.6) is 0 Å². The molecule has 0 aromatic heterocycles. The standard InChI is InChI=1S/C17H22N2O3/c1-2-22-17(21)19-10-8-18(9-11-19)16(20)15-7-6-13-4-3-5-14(13)12-15/h6-7,12H,2-5,8-11H2,1H3. The smallest absolute Gasteiger partial charge is 0.409 e. The number of carbonyl (C=O) groups excluding carboxylic acids is 2. The van der Waals surface area contributed by atoms with Crippen molar-refractivity contribution < 1.29 is 14.3 Å². The fourth-order valence-corrected chi connectivity index (χ4v) is 3.19. The first-order valence-electron chi connectivity index (χ1n) is 8.02. The summed E-state index contributed by atoms with van der Waals surface area (Å²) in [5.41, 5.74) is 3.46. The molecule has 1 heterocycles. The average Bonchev–Trinajstić information content (AvgIpc) is 3.02.